The Morgan fingerprint density at radius 1 is 0.733 bits per heavy atom. The van der Waals surface area contributed by atoms with Gasteiger partial charge >= 0.3 is 0 Å². The van der Waals surface area contributed by atoms with E-state index in [1.165, 1.54) is 36.0 Å². The first-order valence-electron chi connectivity index (χ1n) is 10.9. The Bertz CT molecular complexity index is 890. The maximum atomic E-state index is 5.90. The second-order valence-electron chi connectivity index (χ2n) is 8.15. The van der Waals surface area contributed by atoms with Gasteiger partial charge in [0.1, 0.15) is 18.1 Å². The zero-order valence-electron chi connectivity index (χ0n) is 17.7. The summed E-state index contributed by atoms with van der Waals surface area (Å²) in [5.41, 5.74) is 3.94. The second-order valence-corrected chi connectivity index (χ2v) is 8.15. The van der Waals surface area contributed by atoms with Crippen molar-refractivity contribution in [2.75, 3.05) is 7.11 Å². The van der Waals surface area contributed by atoms with Crippen LogP contribution in [0.2, 0.25) is 0 Å². The molecule has 3 heteroatoms. The molecule has 30 heavy (non-hydrogen) atoms. The molecule has 4 rings (SSSR count). The minimum Gasteiger partial charge on any atom is -0.497 e. The van der Waals surface area contributed by atoms with Gasteiger partial charge in [-0.3, -0.25) is 0 Å². The smallest absolute Gasteiger partial charge is 0.119 e. The van der Waals surface area contributed by atoms with E-state index in [2.05, 4.69) is 53.8 Å². The van der Waals surface area contributed by atoms with Gasteiger partial charge in [0.25, 0.3) is 0 Å². The van der Waals surface area contributed by atoms with E-state index < -0.39 is 0 Å². The number of methoxy groups -OCH3 is 1. The quantitative estimate of drug-likeness (QED) is 0.508. The predicted octanol–water partition coefficient (Wildman–Crippen LogP) is 5.57. The van der Waals surface area contributed by atoms with Gasteiger partial charge in [-0.25, -0.2) is 0 Å². The fraction of sp³-hybridized carbons (Fsp3) is 0.333. The lowest BCUT2D eigenvalue weighted by atomic mass is 10.0. The standard InChI is InChI=1S/C27H31NO2/c1-29-26-15-8-21(9-16-26)7-12-24-13-14-25(28-24)19-22-10-17-27(18-11-22)30-20-23-5-3-2-4-6-23/h2-6,8-11,15-18,24-25,28H,7,12-14,19-20H2,1H3. The van der Waals surface area contributed by atoms with E-state index in [0.717, 1.165) is 24.3 Å². The molecule has 2 atom stereocenters. The van der Waals surface area contributed by atoms with Crippen molar-refractivity contribution in [3.05, 3.63) is 95.6 Å². The normalized spacial score (nSPS) is 18.3. The Hall–Kier alpha value is -2.78. The van der Waals surface area contributed by atoms with Crippen molar-refractivity contribution in [3.8, 4) is 11.5 Å². The summed E-state index contributed by atoms with van der Waals surface area (Å²) in [6, 6.07) is 28.5. The molecule has 0 saturated carbocycles. The largest absolute Gasteiger partial charge is 0.497 e. The minimum absolute atomic E-state index is 0.571. The lowest BCUT2D eigenvalue weighted by Crippen LogP contribution is -2.31. The van der Waals surface area contributed by atoms with E-state index in [1.54, 1.807) is 7.11 Å². The maximum absolute atomic E-state index is 5.90. The van der Waals surface area contributed by atoms with Gasteiger partial charge in [-0.05, 0) is 73.1 Å². The topological polar surface area (TPSA) is 30.5 Å². The molecule has 156 valence electrons. The molecule has 1 aliphatic rings. The molecule has 3 aromatic rings. The summed E-state index contributed by atoms with van der Waals surface area (Å²) in [6.45, 7) is 0.611. The second kappa shape index (κ2) is 10.3. The molecule has 0 aliphatic carbocycles. The van der Waals surface area contributed by atoms with Crippen molar-refractivity contribution in [2.45, 2.75) is 50.8 Å². The summed E-state index contributed by atoms with van der Waals surface area (Å²) in [5, 5.41) is 3.84. The fourth-order valence-electron chi connectivity index (χ4n) is 4.17. The molecular formula is C27H31NO2. The highest BCUT2D eigenvalue weighted by atomic mass is 16.5. The van der Waals surface area contributed by atoms with Crippen molar-refractivity contribution in [1.82, 2.24) is 5.32 Å². The van der Waals surface area contributed by atoms with Gasteiger partial charge in [0, 0.05) is 12.1 Å². The van der Waals surface area contributed by atoms with Gasteiger partial charge in [-0.15, -0.1) is 0 Å². The van der Waals surface area contributed by atoms with Crippen molar-refractivity contribution >= 4 is 0 Å². The van der Waals surface area contributed by atoms with Crippen LogP contribution >= 0.6 is 0 Å². The fourth-order valence-corrected chi connectivity index (χ4v) is 4.17. The molecule has 1 aliphatic heterocycles. The summed E-state index contributed by atoms with van der Waals surface area (Å²) in [7, 11) is 1.71. The van der Waals surface area contributed by atoms with Crippen LogP contribution in [0.1, 0.15) is 36.0 Å². The summed E-state index contributed by atoms with van der Waals surface area (Å²) in [5.74, 6) is 1.86. The molecule has 0 aromatic heterocycles. The van der Waals surface area contributed by atoms with Crippen molar-refractivity contribution < 1.29 is 9.47 Å². The molecule has 0 amide bonds. The van der Waals surface area contributed by atoms with E-state index in [9.17, 15) is 0 Å². The Morgan fingerprint density at radius 3 is 2.13 bits per heavy atom. The zero-order valence-corrected chi connectivity index (χ0v) is 17.7. The van der Waals surface area contributed by atoms with Gasteiger partial charge in [-0.1, -0.05) is 54.6 Å². The highest BCUT2D eigenvalue weighted by molar-refractivity contribution is 5.29. The first-order valence-corrected chi connectivity index (χ1v) is 10.9. The molecule has 0 spiro atoms. The average Bonchev–Trinajstić information content (AvgIpc) is 3.25. The SMILES string of the molecule is COc1ccc(CCC2CCC(Cc3ccc(OCc4ccccc4)cc3)N2)cc1. The number of hydrogen-bond acceptors (Lipinski definition) is 3. The Kier molecular flexibility index (Phi) is 7.04. The third-order valence-corrected chi connectivity index (χ3v) is 5.93. The van der Waals surface area contributed by atoms with Gasteiger partial charge in [0.15, 0.2) is 0 Å². The number of nitrogens with one attached hydrogen (secondary N) is 1. The molecule has 2 unspecified atom stereocenters. The third-order valence-electron chi connectivity index (χ3n) is 5.93. The van der Waals surface area contributed by atoms with Crippen LogP contribution in [0.15, 0.2) is 78.9 Å². The molecule has 0 bridgehead atoms. The van der Waals surface area contributed by atoms with Gasteiger partial charge in [0.2, 0.25) is 0 Å². The number of hydrogen-bond donors (Lipinski definition) is 1. The summed E-state index contributed by atoms with van der Waals surface area (Å²) >= 11 is 0. The third kappa shape index (κ3) is 5.87. The maximum Gasteiger partial charge on any atom is 0.119 e. The van der Waals surface area contributed by atoms with Crippen LogP contribution in [-0.2, 0) is 19.4 Å². The van der Waals surface area contributed by atoms with Crippen LogP contribution in [0.3, 0.4) is 0 Å². The molecule has 1 heterocycles. The van der Waals surface area contributed by atoms with E-state index in [1.807, 2.05) is 30.3 Å². The lowest BCUT2D eigenvalue weighted by Gasteiger charge is -2.15. The lowest BCUT2D eigenvalue weighted by molar-refractivity contribution is 0.306. The number of aryl methyl sites for hydroxylation is 1. The minimum atomic E-state index is 0.571. The monoisotopic (exact) mass is 401 g/mol. The number of rotatable bonds is 9. The van der Waals surface area contributed by atoms with Crippen molar-refractivity contribution in [1.29, 1.82) is 0 Å². The number of ether oxygens (including phenoxy) is 2. The van der Waals surface area contributed by atoms with E-state index in [0.29, 0.717) is 18.7 Å². The van der Waals surface area contributed by atoms with E-state index in [-0.39, 0.29) is 0 Å². The number of benzene rings is 3. The summed E-state index contributed by atoms with van der Waals surface area (Å²) in [4.78, 5) is 0. The van der Waals surface area contributed by atoms with Gasteiger partial charge in [-0.2, -0.15) is 0 Å². The van der Waals surface area contributed by atoms with Gasteiger partial charge in [0.05, 0.1) is 7.11 Å². The van der Waals surface area contributed by atoms with Crippen LogP contribution in [0.4, 0.5) is 0 Å². The molecule has 3 nitrogen and oxygen atoms in total. The Morgan fingerprint density at radius 2 is 1.40 bits per heavy atom. The van der Waals surface area contributed by atoms with Crippen LogP contribution in [0.25, 0.3) is 0 Å². The average molecular weight is 402 g/mol. The first kappa shape index (κ1) is 20.5. The first-order chi connectivity index (χ1) is 14.8. The Labute approximate surface area is 180 Å². The van der Waals surface area contributed by atoms with E-state index in [4.69, 9.17) is 9.47 Å². The van der Waals surface area contributed by atoms with Crippen LogP contribution in [0, 0.1) is 0 Å². The molecular weight excluding hydrogens is 370 g/mol. The summed E-state index contributed by atoms with van der Waals surface area (Å²) in [6.07, 6.45) is 5.90. The molecule has 1 saturated heterocycles. The highest BCUT2D eigenvalue weighted by Gasteiger charge is 2.23. The van der Waals surface area contributed by atoms with E-state index >= 15 is 0 Å². The Balaban J connectivity index is 1.20. The van der Waals surface area contributed by atoms with Crippen LogP contribution in [0.5, 0.6) is 11.5 Å². The van der Waals surface area contributed by atoms with Crippen molar-refractivity contribution in [2.24, 2.45) is 0 Å². The highest BCUT2D eigenvalue weighted by Crippen LogP contribution is 2.22. The molecule has 1 N–H and O–H groups in total. The van der Waals surface area contributed by atoms with Crippen LogP contribution in [-0.4, -0.2) is 19.2 Å². The molecule has 3 aromatic carbocycles. The summed E-state index contributed by atoms with van der Waals surface area (Å²) < 4.78 is 11.1. The molecule has 0 radical (unpaired) electrons. The van der Waals surface area contributed by atoms with Crippen molar-refractivity contribution in [3.63, 3.8) is 0 Å². The van der Waals surface area contributed by atoms with Gasteiger partial charge < -0.3 is 14.8 Å². The molecule has 1 fully saturated rings. The van der Waals surface area contributed by atoms with Crippen LogP contribution < -0.4 is 14.8 Å². The zero-order chi connectivity index (χ0) is 20.6. The predicted molar refractivity (Wildman–Crippen MR) is 122 cm³/mol.